The number of aromatic nitrogens is 1. The second-order valence-corrected chi connectivity index (χ2v) is 19.5. The third kappa shape index (κ3) is 9.15. The van der Waals surface area contributed by atoms with Crippen LogP contribution in [0.5, 0.6) is 0 Å². The number of ether oxygens (including phenoxy) is 1. The molecule has 68 heavy (non-hydrogen) atoms. The van der Waals surface area contributed by atoms with Crippen LogP contribution in [0.2, 0.25) is 0 Å². The van der Waals surface area contributed by atoms with Crippen molar-refractivity contribution in [3.05, 3.63) is 157 Å². The normalized spacial score (nSPS) is 20.2. The summed E-state index contributed by atoms with van der Waals surface area (Å²) in [6.45, 7) is 12.0. The molecule has 12 heteroatoms. The lowest BCUT2D eigenvalue weighted by Crippen LogP contribution is -2.53. The zero-order chi connectivity index (χ0) is 47.8. The predicted octanol–water partition coefficient (Wildman–Crippen LogP) is 9.56. The molecule has 348 valence electrons. The smallest absolute Gasteiger partial charge is 0.407 e. The Bertz CT molecular complexity index is 2910. The van der Waals surface area contributed by atoms with Gasteiger partial charge in [0, 0.05) is 40.9 Å². The van der Waals surface area contributed by atoms with Gasteiger partial charge in [0.2, 0.25) is 17.7 Å². The SMILES string of the molecule is C=CCCN(CC(=O)Nc1ccc(-c2[nH]c3ccc(NC(=O)C45CC4CCN5C(=O)C4(c5ccccc5)C[C@@H]4NC(=O)OC(C)(C)C)cc3c2-c2cccc(C)c2)cc1)C(=O)Cc1ccccc1. The van der Waals surface area contributed by atoms with Crippen molar-refractivity contribution in [2.75, 3.05) is 30.3 Å². The first-order valence-corrected chi connectivity index (χ1v) is 23.4. The molecule has 2 saturated carbocycles. The van der Waals surface area contributed by atoms with Crippen molar-refractivity contribution in [1.29, 1.82) is 0 Å². The van der Waals surface area contributed by atoms with Crippen LogP contribution in [-0.4, -0.2) is 81.3 Å². The molecule has 0 radical (unpaired) electrons. The number of aromatic amines is 1. The summed E-state index contributed by atoms with van der Waals surface area (Å²) in [4.78, 5) is 76.0. The van der Waals surface area contributed by atoms with Gasteiger partial charge in [0.15, 0.2) is 0 Å². The highest BCUT2D eigenvalue weighted by Gasteiger charge is 2.73. The Kier molecular flexibility index (Phi) is 12.3. The lowest BCUT2D eigenvalue weighted by atomic mass is 9.92. The van der Waals surface area contributed by atoms with Crippen LogP contribution in [0.4, 0.5) is 16.2 Å². The lowest BCUT2D eigenvalue weighted by molar-refractivity contribution is -0.141. The number of hydrogen-bond acceptors (Lipinski definition) is 6. The summed E-state index contributed by atoms with van der Waals surface area (Å²) in [7, 11) is 0. The number of carbonyl (C=O) groups excluding carboxylic acids is 5. The van der Waals surface area contributed by atoms with Crippen LogP contribution in [-0.2, 0) is 35.8 Å². The van der Waals surface area contributed by atoms with Crippen LogP contribution in [0.25, 0.3) is 33.3 Å². The zero-order valence-electron chi connectivity index (χ0n) is 39.1. The summed E-state index contributed by atoms with van der Waals surface area (Å²) in [5, 5.41) is 10.1. The molecule has 4 atom stereocenters. The number of piperidine rings is 1. The number of alkyl carbamates (subject to hydrolysis) is 1. The molecular formula is C56H58N6O6. The van der Waals surface area contributed by atoms with E-state index in [1.165, 1.54) is 0 Å². The van der Waals surface area contributed by atoms with E-state index in [9.17, 15) is 24.0 Å². The fourth-order valence-electron chi connectivity index (χ4n) is 10.0. The van der Waals surface area contributed by atoms with E-state index in [0.717, 1.165) is 56.4 Å². The topological polar surface area (TPSA) is 153 Å². The molecule has 12 nitrogen and oxygen atoms in total. The van der Waals surface area contributed by atoms with E-state index in [1.807, 2.05) is 122 Å². The molecule has 0 spiro atoms. The second-order valence-electron chi connectivity index (χ2n) is 19.5. The largest absolute Gasteiger partial charge is 0.444 e. The Morgan fingerprint density at radius 3 is 2.25 bits per heavy atom. The molecule has 5 amide bonds. The maximum Gasteiger partial charge on any atom is 0.407 e. The first-order valence-electron chi connectivity index (χ1n) is 23.4. The van der Waals surface area contributed by atoms with Gasteiger partial charge in [-0.1, -0.05) is 109 Å². The maximum atomic E-state index is 14.9. The van der Waals surface area contributed by atoms with E-state index in [4.69, 9.17) is 4.74 Å². The highest BCUT2D eigenvalue weighted by Crippen LogP contribution is 2.60. The number of fused-ring (bicyclic) bond motifs is 2. The highest BCUT2D eigenvalue weighted by atomic mass is 16.6. The lowest BCUT2D eigenvalue weighted by Gasteiger charge is -2.32. The number of likely N-dealkylation sites (tertiary alicyclic amines) is 1. The molecule has 1 aliphatic heterocycles. The van der Waals surface area contributed by atoms with Crippen molar-refractivity contribution in [2.45, 2.75) is 82.4 Å². The standard InChI is InChI=1S/C56H58N6O6/c1-6-7-28-61(48(64)31-37-16-10-8-11-17-37)35-47(63)57-42-23-21-38(22-24-42)50-49(39-18-14-15-36(2)30-39)44-32-43(25-26-45(44)59-50)58-51(65)56-33-41(56)27-29-62(56)52(66)55(40-19-12-9-13-20-40)34-46(55)60-53(67)68-54(3,4)5/h6,8-26,30,32,41,46,59H,1,7,27-29,31,33-35H2,2-5H3,(H,57,63)(H,58,65)(H,60,67)/t41?,46-,55?,56?/m0/s1. The molecule has 3 unspecified atom stereocenters. The van der Waals surface area contributed by atoms with Gasteiger partial charge in [-0.25, -0.2) is 4.79 Å². The van der Waals surface area contributed by atoms with Crippen molar-refractivity contribution < 1.29 is 28.7 Å². The van der Waals surface area contributed by atoms with Gasteiger partial charge in [0.25, 0.3) is 5.91 Å². The molecule has 2 aliphatic carbocycles. The van der Waals surface area contributed by atoms with E-state index in [2.05, 4.69) is 39.6 Å². The predicted molar refractivity (Wildman–Crippen MR) is 266 cm³/mol. The molecule has 1 aromatic heterocycles. The Hall–Kier alpha value is -7.47. The molecular weight excluding hydrogens is 853 g/mol. The third-order valence-corrected chi connectivity index (χ3v) is 13.5. The molecule has 1 saturated heterocycles. The third-order valence-electron chi connectivity index (χ3n) is 13.5. The highest BCUT2D eigenvalue weighted by molar-refractivity contribution is 6.09. The van der Waals surface area contributed by atoms with Gasteiger partial charge in [0.1, 0.15) is 11.1 Å². The number of carbonyl (C=O) groups is 5. The number of aryl methyl sites for hydroxylation is 1. The fraction of sp³-hybridized carbons (Fsp3) is 0.304. The van der Waals surface area contributed by atoms with Crippen LogP contribution in [0, 0.1) is 12.8 Å². The van der Waals surface area contributed by atoms with Crippen molar-refractivity contribution in [2.24, 2.45) is 5.92 Å². The average Bonchev–Trinajstić information content (AvgIpc) is 4.14. The maximum absolute atomic E-state index is 14.9. The number of nitrogens with zero attached hydrogens (tertiary/aromatic N) is 2. The van der Waals surface area contributed by atoms with Gasteiger partial charge in [-0.15, -0.1) is 6.58 Å². The molecule has 4 N–H and O–H groups in total. The van der Waals surface area contributed by atoms with Crippen molar-refractivity contribution >= 4 is 52.0 Å². The Morgan fingerprint density at radius 2 is 1.56 bits per heavy atom. The fourth-order valence-corrected chi connectivity index (χ4v) is 10.0. The Morgan fingerprint density at radius 1 is 0.838 bits per heavy atom. The van der Waals surface area contributed by atoms with Crippen LogP contribution >= 0.6 is 0 Å². The second kappa shape index (κ2) is 18.3. The van der Waals surface area contributed by atoms with E-state index >= 15 is 0 Å². The van der Waals surface area contributed by atoms with E-state index < -0.39 is 28.7 Å². The van der Waals surface area contributed by atoms with Crippen LogP contribution in [0.15, 0.2) is 140 Å². The number of anilines is 2. The van der Waals surface area contributed by atoms with Gasteiger partial charge in [0.05, 0.1) is 30.1 Å². The molecule has 6 aromatic rings. The summed E-state index contributed by atoms with van der Waals surface area (Å²) in [5.74, 6) is -0.767. The minimum atomic E-state index is -1.01. The minimum absolute atomic E-state index is 0.0341. The monoisotopic (exact) mass is 910 g/mol. The van der Waals surface area contributed by atoms with Crippen LogP contribution < -0.4 is 16.0 Å². The molecule has 3 fully saturated rings. The van der Waals surface area contributed by atoms with Crippen LogP contribution in [0.3, 0.4) is 0 Å². The van der Waals surface area contributed by atoms with Crippen molar-refractivity contribution in [3.8, 4) is 22.4 Å². The first-order chi connectivity index (χ1) is 32.7. The van der Waals surface area contributed by atoms with Gasteiger partial charge in [-0.3, -0.25) is 19.2 Å². The van der Waals surface area contributed by atoms with Gasteiger partial charge in [-0.05, 0) is 112 Å². The van der Waals surface area contributed by atoms with Gasteiger partial charge >= 0.3 is 6.09 Å². The number of nitrogens with one attached hydrogen (secondary N) is 4. The summed E-state index contributed by atoms with van der Waals surface area (Å²) in [6.07, 6.45) is 3.63. The summed E-state index contributed by atoms with van der Waals surface area (Å²) in [5.41, 5.74) is 5.86. The Labute approximate surface area is 397 Å². The Balaban J connectivity index is 0.946. The number of benzene rings is 5. The molecule has 9 rings (SSSR count). The van der Waals surface area contributed by atoms with Gasteiger partial charge in [-0.2, -0.15) is 0 Å². The van der Waals surface area contributed by atoms with Crippen LogP contribution in [0.1, 0.15) is 63.1 Å². The van der Waals surface area contributed by atoms with E-state index in [-0.39, 0.29) is 42.5 Å². The molecule has 3 aliphatic rings. The first kappa shape index (κ1) is 45.7. The number of hydrogen-bond donors (Lipinski definition) is 4. The quantitative estimate of drug-likeness (QED) is 0.0754. The number of H-pyrrole nitrogens is 1. The van der Waals surface area contributed by atoms with Gasteiger partial charge < -0.3 is 35.5 Å². The average molecular weight is 911 g/mol. The minimum Gasteiger partial charge on any atom is -0.444 e. The van der Waals surface area contributed by atoms with E-state index in [1.54, 1.807) is 36.6 Å². The molecule has 2 heterocycles. The number of rotatable bonds is 15. The molecule has 0 bridgehead atoms. The van der Waals surface area contributed by atoms with E-state index in [0.29, 0.717) is 43.7 Å². The van der Waals surface area contributed by atoms with Crippen molar-refractivity contribution in [1.82, 2.24) is 20.1 Å². The molecule has 5 aromatic carbocycles. The summed E-state index contributed by atoms with van der Waals surface area (Å²) >= 11 is 0. The summed E-state index contributed by atoms with van der Waals surface area (Å²) in [6, 6.07) is 40.2. The number of amides is 5. The zero-order valence-corrected chi connectivity index (χ0v) is 39.1. The summed E-state index contributed by atoms with van der Waals surface area (Å²) < 4.78 is 5.57. The van der Waals surface area contributed by atoms with Crippen molar-refractivity contribution in [3.63, 3.8) is 0 Å².